The van der Waals surface area contributed by atoms with E-state index >= 15 is 0 Å². The van der Waals surface area contributed by atoms with Gasteiger partial charge in [0, 0.05) is 60.8 Å². The maximum Gasteiger partial charge on any atom is 0.302 e. The lowest BCUT2D eigenvalue weighted by Crippen LogP contribution is -2.39. The molecule has 2 aliphatic heterocycles. The van der Waals surface area contributed by atoms with E-state index in [2.05, 4.69) is 9.47 Å². The Hall–Kier alpha value is -2.69. The second-order valence-electron chi connectivity index (χ2n) is 6.18. The van der Waals surface area contributed by atoms with Crippen molar-refractivity contribution in [3.8, 4) is 0 Å². The smallest absolute Gasteiger partial charge is 0.302 e. The molecule has 0 spiro atoms. The maximum absolute atomic E-state index is 10.7. The van der Waals surface area contributed by atoms with Gasteiger partial charge in [0.05, 0.1) is 26.9 Å². The molecule has 0 saturated carbocycles. The fraction of sp³-hybridized carbons (Fsp3) is 0.792. The highest BCUT2D eigenvalue weighted by Gasteiger charge is 2.14. The first kappa shape index (κ1) is 45.8. The van der Waals surface area contributed by atoms with Crippen LogP contribution >= 0.6 is 0 Å². The van der Waals surface area contributed by atoms with E-state index < -0.39 is 5.97 Å². The highest BCUT2D eigenvalue weighted by atomic mass is 16.5. The van der Waals surface area contributed by atoms with Gasteiger partial charge in [-0.2, -0.15) is 0 Å². The molecule has 0 radical (unpaired) electrons. The van der Waals surface area contributed by atoms with Gasteiger partial charge in [-0.15, -0.1) is 0 Å². The van der Waals surface area contributed by atoms with Crippen molar-refractivity contribution in [3.05, 3.63) is 0 Å². The van der Waals surface area contributed by atoms with Gasteiger partial charge in [0.1, 0.15) is 0 Å². The van der Waals surface area contributed by atoms with E-state index in [4.69, 9.17) is 14.6 Å². The molecule has 11 heteroatoms. The monoisotopic (exact) mass is 512 g/mol. The molecule has 2 rings (SSSR count). The minimum atomic E-state index is -0.833. The molecule has 2 aliphatic rings. The molecule has 0 atom stereocenters. The number of carboxylic acid groups (broad SMARTS) is 1. The average molecular weight is 513 g/mol. The highest BCUT2D eigenvalue weighted by Crippen LogP contribution is 2.04. The summed E-state index contributed by atoms with van der Waals surface area (Å²) < 4.78 is 13.6. The van der Waals surface area contributed by atoms with Crippen molar-refractivity contribution >= 4 is 29.7 Å². The Bertz CT molecular complexity index is 531. The zero-order valence-corrected chi connectivity index (χ0v) is 21.8. The summed E-state index contributed by atoms with van der Waals surface area (Å²) in [4.78, 5) is 53.1. The van der Waals surface area contributed by atoms with E-state index in [9.17, 15) is 19.2 Å². The molecule has 2 amide bonds. The summed E-state index contributed by atoms with van der Waals surface area (Å²) in [6.45, 7) is 15.5. The molecule has 0 bridgehead atoms. The van der Waals surface area contributed by atoms with Crippen molar-refractivity contribution in [3.63, 3.8) is 0 Å². The van der Waals surface area contributed by atoms with Gasteiger partial charge in [0.25, 0.3) is 5.97 Å². The number of morpholine rings is 1. The van der Waals surface area contributed by atoms with Gasteiger partial charge in [-0.3, -0.25) is 24.0 Å². The van der Waals surface area contributed by atoms with Crippen molar-refractivity contribution in [2.75, 3.05) is 53.6 Å². The lowest BCUT2D eigenvalue weighted by atomic mass is 10.4. The van der Waals surface area contributed by atoms with Gasteiger partial charge in [-0.25, -0.2) is 0 Å². The Kier molecular flexibility index (Phi) is 43.8. The fourth-order valence-electron chi connectivity index (χ4n) is 1.86. The number of carbonyl (C=O) groups excluding carboxylic acids is 4. The Morgan fingerprint density at radius 3 is 1.46 bits per heavy atom. The average Bonchev–Trinajstić information content (AvgIpc) is 3.13. The van der Waals surface area contributed by atoms with Crippen LogP contribution in [0.3, 0.4) is 0 Å². The summed E-state index contributed by atoms with van der Waals surface area (Å²) in [6.07, 6.45) is 1.81. The number of carboxylic acids is 1. The summed E-state index contributed by atoms with van der Waals surface area (Å²) in [6, 6.07) is 0. The second-order valence-corrected chi connectivity index (χ2v) is 6.18. The quantitative estimate of drug-likeness (QED) is 0.524. The van der Waals surface area contributed by atoms with E-state index in [0.29, 0.717) is 25.7 Å². The molecule has 0 aliphatic carbocycles. The Morgan fingerprint density at radius 2 is 1.34 bits per heavy atom. The third kappa shape index (κ3) is 45.5. The predicted molar refractivity (Wildman–Crippen MR) is 138 cm³/mol. The number of nitrogens with zero attached hydrogens (tertiary/aromatic N) is 2. The SMILES string of the molecule is C.C.CC.CC(=O)N1CCOCC1.CC(=O)O.CCOC(C)=O.CN1CCCC1=O.COC(C)=O. The number of ether oxygens (including phenoxy) is 3. The second kappa shape index (κ2) is 33.5. The summed E-state index contributed by atoms with van der Waals surface area (Å²) in [5, 5.41) is 7.42. The molecule has 0 unspecified atom stereocenters. The van der Waals surface area contributed by atoms with Crippen LogP contribution in [0.25, 0.3) is 0 Å². The van der Waals surface area contributed by atoms with E-state index in [1.807, 2.05) is 20.9 Å². The van der Waals surface area contributed by atoms with Crippen LogP contribution in [0.2, 0.25) is 0 Å². The van der Waals surface area contributed by atoms with E-state index in [1.54, 1.807) is 23.6 Å². The van der Waals surface area contributed by atoms with Crippen molar-refractivity contribution in [1.82, 2.24) is 9.80 Å². The molecule has 0 aromatic rings. The van der Waals surface area contributed by atoms with Crippen LogP contribution in [-0.4, -0.2) is 98.2 Å². The molecule has 2 saturated heterocycles. The van der Waals surface area contributed by atoms with Crippen molar-refractivity contribution in [2.24, 2.45) is 0 Å². The molecule has 35 heavy (non-hydrogen) atoms. The van der Waals surface area contributed by atoms with Gasteiger partial charge < -0.3 is 29.1 Å². The minimum absolute atomic E-state index is 0. The third-order valence-corrected chi connectivity index (χ3v) is 3.40. The highest BCUT2D eigenvalue weighted by molar-refractivity contribution is 5.77. The molecule has 1 N–H and O–H groups in total. The maximum atomic E-state index is 10.7. The zero-order chi connectivity index (χ0) is 26.8. The largest absolute Gasteiger partial charge is 0.481 e. The summed E-state index contributed by atoms with van der Waals surface area (Å²) in [5.74, 6) is -0.846. The first-order chi connectivity index (χ1) is 15.4. The predicted octanol–water partition coefficient (Wildman–Crippen LogP) is 3.24. The van der Waals surface area contributed by atoms with Crippen LogP contribution in [0.1, 0.15) is 76.2 Å². The molecule has 11 nitrogen and oxygen atoms in total. The van der Waals surface area contributed by atoms with Crippen LogP contribution in [-0.2, 0) is 38.2 Å². The molecular weight excluding hydrogens is 460 g/mol. The van der Waals surface area contributed by atoms with E-state index in [-0.39, 0.29) is 32.7 Å². The van der Waals surface area contributed by atoms with Gasteiger partial charge in [0.2, 0.25) is 11.8 Å². The lowest BCUT2D eigenvalue weighted by Gasteiger charge is -2.25. The Balaban J connectivity index is -0.0000000746. The molecule has 0 aromatic heterocycles. The number of rotatable bonds is 1. The van der Waals surface area contributed by atoms with Crippen LogP contribution in [0.5, 0.6) is 0 Å². The number of aliphatic carboxylic acids is 1. The molecule has 2 fully saturated rings. The standard InChI is InChI=1S/C6H11NO2.C5H9NO.C4H8O2.C3H6O2.C2H4O2.C2H6.2CH4/c1-6(8)7-2-4-9-5-3-7;1-6-4-2-3-5(6)7;1-3-6-4(2)5;1-3(4)5-2;1-2(3)4;1-2;;/h2-5H2,1H3;2-4H2,1H3;3H2,1-2H3;1-2H3;1H3,(H,3,4);1-2H3;2*1H4. The molecule has 212 valence electrons. The number of methoxy groups -OCH3 is 1. The van der Waals surface area contributed by atoms with Gasteiger partial charge in [-0.05, 0) is 13.3 Å². The van der Waals surface area contributed by atoms with Crippen LogP contribution in [0, 0.1) is 0 Å². The van der Waals surface area contributed by atoms with Crippen LogP contribution in [0.15, 0.2) is 0 Å². The number of carbonyl (C=O) groups is 5. The minimum Gasteiger partial charge on any atom is -0.481 e. The summed E-state index contributed by atoms with van der Waals surface area (Å²) in [7, 11) is 3.19. The zero-order valence-electron chi connectivity index (χ0n) is 21.8. The van der Waals surface area contributed by atoms with Gasteiger partial charge in [-0.1, -0.05) is 28.7 Å². The number of hydrogen-bond acceptors (Lipinski definition) is 8. The number of likely N-dealkylation sites (tertiary alicyclic amines) is 1. The van der Waals surface area contributed by atoms with Crippen molar-refractivity contribution < 1.29 is 43.3 Å². The Labute approximate surface area is 213 Å². The first-order valence-corrected chi connectivity index (χ1v) is 10.8. The van der Waals surface area contributed by atoms with E-state index in [0.717, 1.165) is 39.4 Å². The van der Waals surface area contributed by atoms with E-state index in [1.165, 1.54) is 21.0 Å². The molecule has 0 aromatic carbocycles. The molecule has 2 heterocycles. The summed E-state index contributed by atoms with van der Waals surface area (Å²) in [5.41, 5.74) is 0. The number of hydrogen-bond donors (Lipinski definition) is 1. The summed E-state index contributed by atoms with van der Waals surface area (Å²) >= 11 is 0. The van der Waals surface area contributed by atoms with Gasteiger partial charge in [0.15, 0.2) is 0 Å². The van der Waals surface area contributed by atoms with Gasteiger partial charge >= 0.3 is 11.9 Å². The normalized spacial score (nSPS) is 12.5. The first-order valence-electron chi connectivity index (χ1n) is 10.8. The van der Waals surface area contributed by atoms with Crippen molar-refractivity contribution in [1.29, 1.82) is 0 Å². The Morgan fingerprint density at radius 1 is 0.943 bits per heavy atom. The molecular formula is C24H52N2O9. The third-order valence-electron chi connectivity index (χ3n) is 3.40. The number of amides is 2. The van der Waals surface area contributed by atoms with Crippen LogP contribution < -0.4 is 0 Å². The van der Waals surface area contributed by atoms with Crippen molar-refractivity contribution in [2.45, 2.75) is 76.2 Å². The lowest BCUT2D eigenvalue weighted by molar-refractivity contribution is -0.140. The topological polar surface area (TPSA) is 140 Å². The number of esters is 2. The fourth-order valence-corrected chi connectivity index (χ4v) is 1.86. The van der Waals surface area contributed by atoms with Crippen LogP contribution in [0.4, 0.5) is 0 Å².